The monoisotopic (exact) mass is 322 g/mol. The summed E-state index contributed by atoms with van der Waals surface area (Å²) in [7, 11) is 0. The average Bonchev–Trinajstić information content (AvgIpc) is 2.63. The number of nitrogens with zero attached hydrogens (tertiary/aromatic N) is 4. The molecular formula is C17H18N6O. The van der Waals surface area contributed by atoms with E-state index in [-0.39, 0.29) is 5.69 Å². The lowest BCUT2D eigenvalue weighted by molar-refractivity contribution is 0.0995. The van der Waals surface area contributed by atoms with E-state index in [1.54, 1.807) is 6.20 Å². The number of para-hydroxylation sites is 1. The molecule has 0 spiro atoms. The highest BCUT2D eigenvalue weighted by atomic mass is 16.1. The minimum atomic E-state index is -0.576. The van der Waals surface area contributed by atoms with Gasteiger partial charge >= 0.3 is 0 Å². The van der Waals surface area contributed by atoms with Crippen LogP contribution in [0.25, 0.3) is 0 Å². The fourth-order valence-corrected chi connectivity index (χ4v) is 2.79. The molecule has 1 fully saturated rings. The van der Waals surface area contributed by atoms with Crippen LogP contribution in [0.3, 0.4) is 0 Å². The lowest BCUT2D eigenvalue weighted by Crippen LogP contribution is -2.39. The number of piperidine rings is 1. The third-order valence-corrected chi connectivity index (χ3v) is 4.12. The summed E-state index contributed by atoms with van der Waals surface area (Å²) in [6.07, 6.45) is 4.85. The average molecular weight is 322 g/mol. The van der Waals surface area contributed by atoms with Gasteiger partial charge < -0.3 is 16.0 Å². The zero-order valence-electron chi connectivity index (χ0n) is 13.1. The Labute approximate surface area is 140 Å². The Morgan fingerprint density at radius 2 is 2.00 bits per heavy atom. The molecule has 3 N–H and O–H groups in total. The minimum absolute atomic E-state index is 0.170. The Hall–Kier alpha value is -3.14. The first-order chi connectivity index (χ1) is 11.7. The Morgan fingerprint density at radius 1 is 1.25 bits per heavy atom. The van der Waals surface area contributed by atoms with Crippen LogP contribution in [0.2, 0.25) is 0 Å². The first-order valence-corrected chi connectivity index (χ1v) is 7.80. The standard InChI is InChI=1S/C17H18N6O/c18-9-12-3-1-2-4-14(12)22-13-5-7-23(8-6-13)16-11-20-15(10-21-16)17(19)24/h1-4,10-11,13,22H,5-8H2,(H2,19,24). The highest BCUT2D eigenvalue weighted by molar-refractivity contribution is 5.90. The second-order valence-corrected chi connectivity index (χ2v) is 5.69. The molecule has 2 heterocycles. The van der Waals surface area contributed by atoms with Crippen LogP contribution in [0, 0.1) is 11.3 Å². The van der Waals surface area contributed by atoms with E-state index >= 15 is 0 Å². The Kier molecular flexibility index (Phi) is 4.57. The van der Waals surface area contributed by atoms with Gasteiger partial charge in [-0.25, -0.2) is 9.97 Å². The number of carbonyl (C=O) groups excluding carboxylic acids is 1. The first-order valence-electron chi connectivity index (χ1n) is 7.80. The van der Waals surface area contributed by atoms with Gasteiger partial charge in [0.25, 0.3) is 5.91 Å². The van der Waals surface area contributed by atoms with Gasteiger partial charge in [-0.15, -0.1) is 0 Å². The number of amides is 1. The number of hydrogen-bond donors (Lipinski definition) is 2. The maximum Gasteiger partial charge on any atom is 0.268 e. The van der Waals surface area contributed by atoms with Gasteiger partial charge in [0.2, 0.25) is 0 Å². The molecule has 1 aromatic carbocycles. The quantitative estimate of drug-likeness (QED) is 0.883. The number of primary amides is 1. The Balaban J connectivity index is 1.59. The van der Waals surface area contributed by atoms with E-state index < -0.39 is 5.91 Å². The first kappa shape index (κ1) is 15.7. The van der Waals surface area contributed by atoms with Crippen LogP contribution in [-0.4, -0.2) is 35.0 Å². The van der Waals surface area contributed by atoms with Crippen LogP contribution in [-0.2, 0) is 0 Å². The van der Waals surface area contributed by atoms with Crippen molar-refractivity contribution in [1.82, 2.24) is 9.97 Å². The number of rotatable bonds is 4. The van der Waals surface area contributed by atoms with Crippen LogP contribution >= 0.6 is 0 Å². The van der Waals surface area contributed by atoms with Crippen molar-refractivity contribution in [3.63, 3.8) is 0 Å². The molecule has 1 aliphatic heterocycles. The van der Waals surface area contributed by atoms with Crippen LogP contribution < -0.4 is 16.0 Å². The van der Waals surface area contributed by atoms with Crippen molar-refractivity contribution < 1.29 is 4.79 Å². The number of carbonyl (C=O) groups is 1. The highest BCUT2D eigenvalue weighted by Crippen LogP contribution is 2.22. The molecule has 0 atom stereocenters. The number of benzene rings is 1. The number of anilines is 2. The molecule has 7 nitrogen and oxygen atoms in total. The number of nitrogens with two attached hydrogens (primary N) is 1. The molecule has 122 valence electrons. The van der Waals surface area contributed by atoms with Crippen molar-refractivity contribution in [2.75, 3.05) is 23.3 Å². The summed E-state index contributed by atoms with van der Waals surface area (Å²) in [5, 5.41) is 12.6. The van der Waals surface area contributed by atoms with E-state index in [0.717, 1.165) is 37.4 Å². The SMILES string of the molecule is N#Cc1ccccc1NC1CCN(c2cnc(C(N)=O)cn2)CC1. The summed E-state index contributed by atoms with van der Waals surface area (Å²) in [4.78, 5) is 21.5. The van der Waals surface area contributed by atoms with E-state index in [2.05, 4.69) is 26.3 Å². The smallest absolute Gasteiger partial charge is 0.268 e. The lowest BCUT2D eigenvalue weighted by Gasteiger charge is -2.33. The predicted octanol–water partition coefficient (Wildman–Crippen LogP) is 1.53. The van der Waals surface area contributed by atoms with Crippen LogP contribution in [0.5, 0.6) is 0 Å². The molecule has 1 aromatic heterocycles. The summed E-state index contributed by atoms with van der Waals surface area (Å²) in [6.45, 7) is 1.66. The molecule has 1 amide bonds. The highest BCUT2D eigenvalue weighted by Gasteiger charge is 2.21. The second kappa shape index (κ2) is 6.96. The third-order valence-electron chi connectivity index (χ3n) is 4.12. The molecule has 7 heteroatoms. The van der Waals surface area contributed by atoms with E-state index in [0.29, 0.717) is 11.6 Å². The second-order valence-electron chi connectivity index (χ2n) is 5.69. The van der Waals surface area contributed by atoms with Crippen molar-refractivity contribution in [3.8, 4) is 6.07 Å². The Bertz CT molecular complexity index is 759. The van der Waals surface area contributed by atoms with Gasteiger partial charge in [-0.05, 0) is 25.0 Å². The van der Waals surface area contributed by atoms with Gasteiger partial charge in [-0.3, -0.25) is 4.79 Å². The predicted molar refractivity (Wildman–Crippen MR) is 90.6 cm³/mol. The Morgan fingerprint density at radius 3 is 2.62 bits per heavy atom. The molecule has 0 saturated carbocycles. The topological polar surface area (TPSA) is 108 Å². The molecule has 0 unspecified atom stereocenters. The van der Waals surface area contributed by atoms with Crippen LogP contribution in [0.1, 0.15) is 28.9 Å². The maximum atomic E-state index is 11.0. The van der Waals surface area contributed by atoms with Crippen LogP contribution in [0.4, 0.5) is 11.5 Å². The maximum absolute atomic E-state index is 11.0. The molecule has 24 heavy (non-hydrogen) atoms. The van der Waals surface area contributed by atoms with Crippen molar-refractivity contribution >= 4 is 17.4 Å². The molecule has 3 rings (SSSR count). The minimum Gasteiger partial charge on any atom is -0.381 e. The van der Waals surface area contributed by atoms with Gasteiger partial charge in [0, 0.05) is 19.1 Å². The summed E-state index contributed by atoms with van der Waals surface area (Å²) in [6, 6.07) is 10.0. The van der Waals surface area contributed by atoms with E-state index in [4.69, 9.17) is 11.0 Å². The van der Waals surface area contributed by atoms with E-state index in [1.807, 2.05) is 24.3 Å². The zero-order valence-corrected chi connectivity index (χ0v) is 13.1. The van der Waals surface area contributed by atoms with Crippen molar-refractivity contribution in [2.45, 2.75) is 18.9 Å². The summed E-state index contributed by atoms with van der Waals surface area (Å²) < 4.78 is 0. The number of aromatic nitrogens is 2. The molecule has 1 aliphatic rings. The van der Waals surface area contributed by atoms with Gasteiger partial charge in [-0.2, -0.15) is 5.26 Å². The largest absolute Gasteiger partial charge is 0.381 e. The number of nitrogens with one attached hydrogen (secondary N) is 1. The van der Waals surface area contributed by atoms with E-state index in [9.17, 15) is 4.79 Å². The summed E-state index contributed by atoms with van der Waals surface area (Å²) in [5.74, 6) is 0.170. The molecule has 2 aromatic rings. The van der Waals surface area contributed by atoms with Crippen molar-refractivity contribution in [1.29, 1.82) is 5.26 Å². The van der Waals surface area contributed by atoms with Gasteiger partial charge in [0.1, 0.15) is 17.6 Å². The molecule has 0 bridgehead atoms. The van der Waals surface area contributed by atoms with Gasteiger partial charge in [0.15, 0.2) is 0 Å². The molecule has 0 aliphatic carbocycles. The summed E-state index contributed by atoms with van der Waals surface area (Å²) >= 11 is 0. The third kappa shape index (κ3) is 3.43. The fraction of sp³-hybridized carbons (Fsp3) is 0.294. The van der Waals surface area contributed by atoms with Crippen molar-refractivity contribution in [2.24, 2.45) is 5.73 Å². The van der Waals surface area contributed by atoms with Gasteiger partial charge in [0.05, 0.1) is 23.6 Å². The van der Waals surface area contributed by atoms with E-state index in [1.165, 1.54) is 6.20 Å². The number of nitriles is 1. The zero-order chi connectivity index (χ0) is 16.9. The lowest BCUT2D eigenvalue weighted by atomic mass is 10.0. The normalized spacial score (nSPS) is 14.9. The van der Waals surface area contributed by atoms with Crippen LogP contribution in [0.15, 0.2) is 36.7 Å². The number of hydrogen-bond acceptors (Lipinski definition) is 6. The molecule has 0 radical (unpaired) electrons. The van der Waals surface area contributed by atoms with Gasteiger partial charge in [-0.1, -0.05) is 12.1 Å². The molecule has 1 saturated heterocycles. The molecular weight excluding hydrogens is 304 g/mol. The fourth-order valence-electron chi connectivity index (χ4n) is 2.79. The summed E-state index contributed by atoms with van der Waals surface area (Å²) in [5.41, 5.74) is 6.88. The van der Waals surface area contributed by atoms with Crippen molar-refractivity contribution in [3.05, 3.63) is 47.9 Å².